The maximum absolute atomic E-state index is 12.8. The smallest absolute Gasteiger partial charge is 0.397 e. The predicted octanol–water partition coefficient (Wildman–Crippen LogP) is 6.29. The molecule has 32 heavy (non-hydrogen) atoms. The summed E-state index contributed by atoms with van der Waals surface area (Å²) in [7, 11) is 0. The summed E-state index contributed by atoms with van der Waals surface area (Å²) < 4.78 is 38.5. The van der Waals surface area contributed by atoms with Gasteiger partial charge in [-0.25, -0.2) is 0 Å². The van der Waals surface area contributed by atoms with E-state index in [0.717, 1.165) is 49.7 Å². The van der Waals surface area contributed by atoms with Crippen LogP contribution in [0.2, 0.25) is 0 Å². The largest absolute Gasteiger partial charge is 0.407 e. The van der Waals surface area contributed by atoms with Crippen LogP contribution < -0.4 is 16.4 Å². The van der Waals surface area contributed by atoms with Crippen LogP contribution in [0.3, 0.4) is 0 Å². The van der Waals surface area contributed by atoms with Crippen molar-refractivity contribution in [2.24, 2.45) is 11.5 Å². The van der Waals surface area contributed by atoms with Crippen LogP contribution in [0.25, 0.3) is 5.70 Å². The van der Waals surface area contributed by atoms with Crippen LogP contribution in [0.5, 0.6) is 0 Å². The number of nitrogens with two attached hydrogens (primary N) is 2. The Labute approximate surface area is 189 Å². The van der Waals surface area contributed by atoms with Gasteiger partial charge in [0.2, 0.25) is 0 Å². The van der Waals surface area contributed by atoms with E-state index >= 15 is 0 Å². The minimum absolute atomic E-state index is 0.0464. The van der Waals surface area contributed by atoms with Crippen molar-refractivity contribution in [1.82, 2.24) is 4.98 Å². The van der Waals surface area contributed by atoms with Crippen LogP contribution in [-0.4, -0.2) is 23.7 Å². The summed E-state index contributed by atoms with van der Waals surface area (Å²) in [5, 5.41) is 0. The number of anilines is 2. The topological polar surface area (TPSA) is 68.2 Å². The van der Waals surface area contributed by atoms with Gasteiger partial charge in [-0.2, -0.15) is 13.2 Å². The molecule has 4 nitrogen and oxygen atoms in total. The van der Waals surface area contributed by atoms with Crippen molar-refractivity contribution < 1.29 is 13.2 Å². The van der Waals surface area contributed by atoms with Gasteiger partial charge in [0.05, 0.1) is 11.4 Å². The normalized spacial score (nSPS) is 13.8. The van der Waals surface area contributed by atoms with Crippen LogP contribution in [0, 0.1) is 0 Å². The molecule has 0 aliphatic heterocycles. The number of unbranched alkanes of at least 4 members (excludes halogenated alkanes) is 3. The highest BCUT2D eigenvalue weighted by atomic mass is 19.4. The number of hydrogen-bond donors (Lipinski definition) is 2. The highest BCUT2D eigenvalue weighted by Gasteiger charge is 2.35. The first-order chi connectivity index (χ1) is 14.9. The predicted molar refractivity (Wildman–Crippen MR) is 127 cm³/mol. The zero-order valence-electron chi connectivity index (χ0n) is 19.4. The van der Waals surface area contributed by atoms with Crippen molar-refractivity contribution >= 4 is 17.1 Å². The van der Waals surface area contributed by atoms with Crippen LogP contribution >= 0.6 is 0 Å². The SMILES string of the molecule is CCCCCCN(c1ccc(C(C)(C)C)cc1)c1ccnc(/C(N)=C/C(N)C(F)(F)F)c1. The van der Waals surface area contributed by atoms with E-state index in [0.29, 0.717) is 0 Å². The van der Waals surface area contributed by atoms with Crippen molar-refractivity contribution in [3.63, 3.8) is 0 Å². The highest BCUT2D eigenvalue weighted by molar-refractivity contribution is 5.69. The van der Waals surface area contributed by atoms with Gasteiger partial charge in [-0.15, -0.1) is 0 Å². The Kier molecular flexibility index (Phi) is 8.73. The molecular weight excluding hydrogens is 413 g/mol. The molecule has 1 heterocycles. The molecule has 0 radical (unpaired) electrons. The Bertz CT molecular complexity index is 883. The Morgan fingerprint density at radius 3 is 2.25 bits per heavy atom. The summed E-state index contributed by atoms with van der Waals surface area (Å²) in [6, 6.07) is 9.83. The van der Waals surface area contributed by atoms with Gasteiger partial charge in [-0.05, 0) is 47.7 Å². The monoisotopic (exact) mass is 448 g/mol. The fourth-order valence-corrected chi connectivity index (χ4v) is 3.36. The molecule has 7 heteroatoms. The Balaban J connectivity index is 2.37. The molecular formula is C25H35F3N4. The molecule has 2 aromatic rings. The van der Waals surface area contributed by atoms with E-state index < -0.39 is 12.2 Å². The molecule has 176 valence electrons. The molecule has 0 aliphatic carbocycles. The average molecular weight is 449 g/mol. The lowest BCUT2D eigenvalue weighted by atomic mass is 9.87. The first-order valence-electron chi connectivity index (χ1n) is 11.1. The standard InChI is InChI=1S/C25H35F3N4/c1-5-6-7-8-15-32(19-11-9-18(10-12-19)24(2,3)4)20-13-14-31-22(16-20)21(29)17-23(30)25(26,27)28/h9-14,16-17,23H,5-8,15,29-30H2,1-4H3/b21-17-. The van der Waals surface area contributed by atoms with E-state index in [9.17, 15) is 13.2 Å². The summed E-state index contributed by atoms with van der Waals surface area (Å²) in [6.07, 6.45) is 2.21. The Morgan fingerprint density at radius 1 is 1.03 bits per heavy atom. The summed E-state index contributed by atoms with van der Waals surface area (Å²) >= 11 is 0. The fraction of sp³-hybridized carbons (Fsp3) is 0.480. The molecule has 1 aromatic carbocycles. The first kappa shape index (κ1) is 25.7. The zero-order valence-corrected chi connectivity index (χ0v) is 19.4. The van der Waals surface area contributed by atoms with Crippen LogP contribution in [0.15, 0.2) is 48.7 Å². The van der Waals surface area contributed by atoms with E-state index in [1.165, 1.54) is 5.56 Å². The maximum atomic E-state index is 12.8. The zero-order chi connectivity index (χ0) is 23.9. The van der Waals surface area contributed by atoms with E-state index in [4.69, 9.17) is 11.5 Å². The average Bonchev–Trinajstić information content (AvgIpc) is 2.72. The van der Waals surface area contributed by atoms with Crippen LogP contribution in [0.1, 0.15) is 64.6 Å². The lowest BCUT2D eigenvalue weighted by molar-refractivity contribution is -0.136. The van der Waals surface area contributed by atoms with Crippen molar-refractivity contribution in [2.45, 2.75) is 71.0 Å². The van der Waals surface area contributed by atoms with Gasteiger partial charge in [0.25, 0.3) is 0 Å². The molecule has 0 saturated heterocycles. The highest BCUT2D eigenvalue weighted by Crippen LogP contribution is 2.30. The second-order valence-corrected chi connectivity index (χ2v) is 9.10. The van der Waals surface area contributed by atoms with Crippen molar-refractivity contribution in [1.29, 1.82) is 0 Å². The van der Waals surface area contributed by atoms with E-state index in [-0.39, 0.29) is 16.8 Å². The molecule has 0 fully saturated rings. The summed E-state index contributed by atoms with van der Waals surface area (Å²) in [5.74, 6) is 0. The fourth-order valence-electron chi connectivity index (χ4n) is 3.36. The Morgan fingerprint density at radius 2 is 1.69 bits per heavy atom. The molecule has 1 unspecified atom stereocenters. The quantitative estimate of drug-likeness (QED) is 0.443. The van der Waals surface area contributed by atoms with Gasteiger partial charge in [-0.1, -0.05) is 59.1 Å². The Hall–Kier alpha value is -2.54. The minimum atomic E-state index is -4.55. The molecule has 4 N–H and O–H groups in total. The number of nitrogens with zero attached hydrogens (tertiary/aromatic N) is 2. The second kappa shape index (κ2) is 10.9. The molecule has 1 aromatic heterocycles. The van der Waals surface area contributed by atoms with Crippen LogP contribution in [0.4, 0.5) is 24.5 Å². The van der Waals surface area contributed by atoms with Crippen molar-refractivity contribution in [3.05, 3.63) is 59.9 Å². The maximum Gasteiger partial charge on any atom is 0.407 e. The van der Waals surface area contributed by atoms with Gasteiger partial charge >= 0.3 is 6.18 Å². The lowest BCUT2D eigenvalue weighted by Gasteiger charge is -2.27. The van der Waals surface area contributed by atoms with Gasteiger partial charge in [0, 0.05) is 24.1 Å². The number of pyridine rings is 1. The minimum Gasteiger partial charge on any atom is -0.397 e. The van der Waals surface area contributed by atoms with E-state index in [1.807, 2.05) is 6.07 Å². The third-order valence-corrected chi connectivity index (χ3v) is 5.37. The molecule has 1 atom stereocenters. The molecule has 0 aliphatic rings. The number of benzene rings is 1. The number of rotatable bonds is 9. The summed E-state index contributed by atoms with van der Waals surface area (Å²) in [5.41, 5.74) is 14.4. The molecule has 2 rings (SSSR count). The van der Waals surface area contributed by atoms with Gasteiger partial charge in [0.15, 0.2) is 0 Å². The van der Waals surface area contributed by atoms with Crippen molar-refractivity contribution in [2.75, 3.05) is 11.4 Å². The lowest BCUT2D eigenvalue weighted by Crippen LogP contribution is -2.36. The van der Waals surface area contributed by atoms with Crippen LogP contribution in [-0.2, 0) is 5.41 Å². The second-order valence-electron chi connectivity index (χ2n) is 9.10. The van der Waals surface area contributed by atoms with Crippen molar-refractivity contribution in [3.8, 4) is 0 Å². The summed E-state index contributed by atoms with van der Waals surface area (Å²) in [6.45, 7) is 9.45. The molecule has 0 bridgehead atoms. The number of halogens is 3. The number of alkyl halides is 3. The number of hydrogen-bond acceptors (Lipinski definition) is 4. The molecule has 0 saturated carbocycles. The first-order valence-corrected chi connectivity index (χ1v) is 11.1. The number of aromatic nitrogens is 1. The molecule has 0 spiro atoms. The van der Waals surface area contributed by atoms with Gasteiger partial charge < -0.3 is 16.4 Å². The molecule has 0 amide bonds. The third kappa shape index (κ3) is 7.26. The van der Waals surface area contributed by atoms with E-state index in [2.05, 4.69) is 61.8 Å². The summed E-state index contributed by atoms with van der Waals surface area (Å²) in [4.78, 5) is 6.32. The van der Waals surface area contributed by atoms with E-state index in [1.54, 1.807) is 12.3 Å². The van der Waals surface area contributed by atoms with Gasteiger partial charge in [0.1, 0.15) is 6.04 Å². The third-order valence-electron chi connectivity index (χ3n) is 5.37. The van der Waals surface area contributed by atoms with Gasteiger partial charge in [-0.3, -0.25) is 4.98 Å².